The summed E-state index contributed by atoms with van der Waals surface area (Å²) in [5, 5.41) is 5.03. The van der Waals surface area contributed by atoms with E-state index in [2.05, 4.69) is 31.4 Å². The topological polar surface area (TPSA) is 75.7 Å². The van der Waals surface area contributed by atoms with Crippen LogP contribution in [-0.4, -0.2) is 23.7 Å². The highest BCUT2D eigenvalue weighted by Gasteiger charge is 2.04. The molecular formula is C24H20BrN3O3. The lowest BCUT2D eigenvalue weighted by Gasteiger charge is -2.08. The number of carbonyl (C=O) groups excluding carboxylic acids is 1. The van der Waals surface area contributed by atoms with Gasteiger partial charge in [0, 0.05) is 27.1 Å². The molecule has 4 rings (SSSR count). The van der Waals surface area contributed by atoms with Crippen molar-refractivity contribution in [2.75, 3.05) is 6.61 Å². The molecule has 2 N–H and O–H groups in total. The second kappa shape index (κ2) is 9.95. The molecule has 7 heteroatoms. The van der Waals surface area contributed by atoms with Gasteiger partial charge in [-0.05, 0) is 48.0 Å². The summed E-state index contributed by atoms with van der Waals surface area (Å²) < 4.78 is 12.2. The number of fused-ring (bicyclic) bond motifs is 1. The summed E-state index contributed by atoms with van der Waals surface area (Å²) >= 11 is 3.46. The first kappa shape index (κ1) is 20.7. The number of hydrogen-bond acceptors (Lipinski definition) is 4. The summed E-state index contributed by atoms with van der Waals surface area (Å²) in [6.45, 7) is 0.357. The van der Waals surface area contributed by atoms with Crippen LogP contribution in [0.3, 0.4) is 0 Å². The Labute approximate surface area is 188 Å². The van der Waals surface area contributed by atoms with Crippen LogP contribution in [-0.2, 0) is 11.4 Å². The Kier molecular flexibility index (Phi) is 6.64. The Balaban J connectivity index is 1.24. The van der Waals surface area contributed by atoms with Crippen LogP contribution in [0.25, 0.3) is 10.9 Å². The minimum Gasteiger partial charge on any atom is -0.489 e. The van der Waals surface area contributed by atoms with Crippen LogP contribution in [0.4, 0.5) is 0 Å². The van der Waals surface area contributed by atoms with Crippen LogP contribution in [0.15, 0.2) is 88.6 Å². The molecule has 31 heavy (non-hydrogen) atoms. The van der Waals surface area contributed by atoms with Crippen LogP contribution in [0.2, 0.25) is 0 Å². The fourth-order valence-corrected chi connectivity index (χ4v) is 3.31. The molecule has 0 fully saturated rings. The van der Waals surface area contributed by atoms with E-state index in [1.807, 2.05) is 66.9 Å². The van der Waals surface area contributed by atoms with E-state index < -0.39 is 0 Å². The van der Waals surface area contributed by atoms with Crippen molar-refractivity contribution >= 4 is 39.0 Å². The molecule has 0 atom stereocenters. The monoisotopic (exact) mass is 477 g/mol. The number of aromatic amines is 1. The maximum absolute atomic E-state index is 12.0. The molecule has 156 valence electrons. The number of halogens is 1. The van der Waals surface area contributed by atoms with Crippen molar-refractivity contribution in [3.63, 3.8) is 0 Å². The summed E-state index contributed by atoms with van der Waals surface area (Å²) in [6.07, 6.45) is 3.44. The van der Waals surface area contributed by atoms with Gasteiger partial charge in [-0.25, -0.2) is 5.43 Å². The zero-order chi connectivity index (χ0) is 21.5. The smallest absolute Gasteiger partial charge is 0.277 e. The number of amides is 1. The van der Waals surface area contributed by atoms with Gasteiger partial charge in [-0.15, -0.1) is 0 Å². The van der Waals surface area contributed by atoms with Gasteiger partial charge >= 0.3 is 0 Å². The maximum atomic E-state index is 12.0. The minimum absolute atomic E-state index is 0.138. The largest absolute Gasteiger partial charge is 0.489 e. The molecule has 0 radical (unpaired) electrons. The number of nitrogens with zero attached hydrogens (tertiary/aromatic N) is 1. The summed E-state index contributed by atoms with van der Waals surface area (Å²) in [4.78, 5) is 15.2. The zero-order valence-corrected chi connectivity index (χ0v) is 18.1. The molecule has 0 aliphatic heterocycles. The first-order valence-corrected chi connectivity index (χ1v) is 10.4. The van der Waals surface area contributed by atoms with Gasteiger partial charge in [0.1, 0.15) is 18.1 Å². The first-order chi connectivity index (χ1) is 15.2. The van der Waals surface area contributed by atoms with Gasteiger partial charge in [0.15, 0.2) is 6.61 Å². The predicted octanol–water partition coefficient (Wildman–Crippen LogP) is 5.04. The minimum atomic E-state index is -0.346. The maximum Gasteiger partial charge on any atom is 0.277 e. The number of hydrazone groups is 1. The van der Waals surface area contributed by atoms with Crippen molar-refractivity contribution in [3.8, 4) is 11.5 Å². The Morgan fingerprint density at radius 3 is 2.52 bits per heavy atom. The third kappa shape index (κ3) is 5.73. The van der Waals surface area contributed by atoms with Crippen molar-refractivity contribution in [1.82, 2.24) is 10.4 Å². The molecule has 1 amide bonds. The Morgan fingerprint density at radius 1 is 1.00 bits per heavy atom. The summed E-state index contributed by atoms with van der Waals surface area (Å²) in [7, 11) is 0. The predicted molar refractivity (Wildman–Crippen MR) is 124 cm³/mol. The highest BCUT2D eigenvalue weighted by molar-refractivity contribution is 9.10. The molecule has 0 saturated carbocycles. The number of carbonyl (C=O) groups is 1. The molecule has 0 unspecified atom stereocenters. The lowest BCUT2D eigenvalue weighted by molar-refractivity contribution is -0.123. The van der Waals surface area contributed by atoms with Crippen LogP contribution < -0.4 is 14.9 Å². The second-order valence-electron chi connectivity index (χ2n) is 6.76. The van der Waals surface area contributed by atoms with Gasteiger partial charge in [-0.2, -0.15) is 5.10 Å². The molecule has 6 nitrogen and oxygen atoms in total. The molecule has 0 aliphatic rings. The normalized spacial score (nSPS) is 11.0. The standard InChI is InChI=1S/C24H20BrN3O3/c25-19-6-11-23-22(12-19)18(13-26-23)14-27-28-24(29)16-31-21-9-7-20(8-10-21)30-15-17-4-2-1-3-5-17/h1-14,26H,15-16H2,(H,28,29). The Hall–Kier alpha value is -3.58. The van der Waals surface area contributed by atoms with E-state index in [9.17, 15) is 4.79 Å². The number of rotatable bonds is 8. The van der Waals surface area contributed by atoms with E-state index in [1.165, 1.54) is 0 Å². The summed E-state index contributed by atoms with van der Waals surface area (Å²) in [6, 6.07) is 23.0. The molecule has 1 heterocycles. The first-order valence-electron chi connectivity index (χ1n) is 9.65. The lowest BCUT2D eigenvalue weighted by atomic mass is 10.2. The quantitative estimate of drug-likeness (QED) is 0.275. The molecule has 0 spiro atoms. The highest BCUT2D eigenvalue weighted by Crippen LogP contribution is 2.21. The number of ether oxygens (including phenoxy) is 2. The number of H-pyrrole nitrogens is 1. The van der Waals surface area contributed by atoms with Gasteiger partial charge in [0.05, 0.1) is 6.21 Å². The second-order valence-corrected chi connectivity index (χ2v) is 7.68. The molecular weight excluding hydrogens is 458 g/mol. The third-order valence-corrected chi connectivity index (χ3v) is 5.00. The van der Waals surface area contributed by atoms with Crippen molar-refractivity contribution in [2.24, 2.45) is 5.10 Å². The zero-order valence-electron chi connectivity index (χ0n) is 16.5. The van der Waals surface area contributed by atoms with E-state index in [0.29, 0.717) is 12.4 Å². The van der Waals surface area contributed by atoms with Crippen LogP contribution in [0.1, 0.15) is 11.1 Å². The van der Waals surface area contributed by atoms with Crippen molar-refractivity contribution in [3.05, 3.63) is 94.6 Å². The highest BCUT2D eigenvalue weighted by atomic mass is 79.9. The molecule has 0 saturated heterocycles. The van der Waals surface area contributed by atoms with Gasteiger partial charge in [-0.1, -0.05) is 46.3 Å². The van der Waals surface area contributed by atoms with Crippen LogP contribution >= 0.6 is 15.9 Å². The van der Waals surface area contributed by atoms with E-state index in [1.54, 1.807) is 18.3 Å². The number of nitrogens with one attached hydrogen (secondary N) is 2. The van der Waals surface area contributed by atoms with E-state index >= 15 is 0 Å². The number of hydrogen-bond donors (Lipinski definition) is 2. The molecule has 1 aromatic heterocycles. The summed E-state index contributed by atoms with van der Waals surface area (Å²) in [5.41, 5.74) is 5.45. The van der Waals surface area contributed by atoms with Gasteiger partial charge in [-0.3, -0.25) is 4.79 Å². The van der Waals surface area contributed by atoms with E-state index in [-0.39, 0.29) is 12.5 Å². The van der Waals surface area contributed by atoms with Crippen molar-refractivity contribution < 1.29 is 14.3 Å². The van der Waals surface area contributed by atoms with Crippen molar-refractivity contribution in [1.29, 1.82) is 0 Å². The molecule has 4 aromatic rings. The average molecular weight is 478 g/mol. The van der Waals surface area contributed by atoms with Crippen molar-refractivity contribution in [2.45, 2.75) is 6.61 Å². The SMILES string of the molecule is O=C(COc1ccc(OCc2ccccc2)cc1)NN=Cc1c[nH]c2ccc(Br)cc12. The summed E-state index contributed by atoms with van der Waals surface area (Å²) in [5.74, 6) is 0.963. The number of benzene rings is 3. The van der Waals surface area contributed by atoms with Crippen LogP contribution in [0, 0.1) is 0 Å². The molecule has 3 aromatic carbocycles. The molecule has 0 aliphatic carbocycles. The van der Waals surface area contributed by atoms with E-state index in [4.69, 9.17) is 9.47 Å². The molecule has 0 bridgehead atoms. The van der Waals surface area contributed by atoms with E-state index in [0.717, 1.165) is 32.3 Å². The van der Waals surface area contributed by atoms with Gasteiger partial charge in [0.2, 0.25) is 0 Å². The van der Waals surface area contributed by atoms with Gasteiger partial charge in [0.25, 0.3) is 5.91 Å². The van der Waals surface area contributed by atoms with Crippen LogP contribution in [0.5, 0.6) is 11.5 Å². The fraction of sp³-hybridized carbons (Fsp3) is 0.0833. The average Bonchev–Trinajstić information content (AvgIpc) is 3.19. The Bertz CT molecular complexity index is 1190. The lowest BCUT2D eigenvalue weighted by Crippen LogP contribution is -2.24. The van der Waals surface area contributed by atoms with Gasteiger partial charge < -0.3 is 14.5 Å². The fourth-order valence-electron chi connectivity index (χ4n) is 2.95. The third-order valence-electron chi connectivity index (χ3n) is 4.51. The Morgan fingerprint density at radius 2 is 1.74 bits per heavy atom. The number of aromatic nitrogens is 1.